The predicted molar refractivity (Wildman–Crippen MR) is 128 cm³/mol. The molecule has 0 aromatic heterocycles. The maximum atomic E-state index is 13.5. The SMILES string of the molecule is COCCOC(=O)NC(=N[C@@H](CC(C)(C)C(C)C)C(=O)NC1(C#N)CCCC1)N1CCOCC1. The van der Waals surface area contributed by atoms with Gasteiger partial charge in [0.05, 0.1) is 25.9 Å². The summed E-state index contributed by atoms with van der Waals surface area (Å²) in [7, 11) is 1.53. The summed E-state index contributed by atoms with van der Waals surface area (Å²) in [6.45, 7) is 10.9. The summed E-state index contributed by atoms with van der Waals surface area (Å²) in [6.07, 6.45) is 2.90. The lowest BCUT2D eigenvalue weighted by Crippen LogP contribution is -2.53. The second-order valence-corrected chi connectivity index (χ2v) is 10.1. The van der Waals surface area contributed by atoms with E-state index in [1.165, 1.54) is 7.11 Å². The highest BCUT2D eigenvalue weighted by molar-refractivity contribution is 5.96. The third-order valence-corrected chi connectivity index (χ3v) is 6.94. The number of carbonyl (C=O) groups excluding carboxylic acids is 2. The van der Waals surface area contributed by atoms with E-state index in [0.717, 1.165) is 12.8 Å². The molecular formula is C24H41N5O5. The number of guanidine groups is 1. The number of methoxy groups -OCH3 is 1. The quantitative estimate of drug-likeness (QED) is 0.296. The largest absolute Gasteiger partial charge is 0.447 e. The molecule has 2 N–H and O–H groups in total. The fourth-order valence-corrected chi connectivity index (χ4v) is 3.95. The van der Waals surface area contributed by atoms with E-state index in [0.29, 0.717) is 51.5 Å². The van der Waals surface area contributed by atoms with Crippen LogP contribution in [0.25, 0.3) is 0 Å². The molecule has 0 aromatic carbocycles. The smallest absolute Gasteiger partial charge is 0.414 e. The number of rotatable bonds is 9. The second kappa shape index (κ2) is 12.9. The van der Waals surface area contributed by atoms with Crippen LogP contribution < -0.4 is 10.6 Å². The lowest BCUT2D eigenvalue weighted by molar-refractivity contribution is -0.124. The number of alkyl carbamates (subject to hydrolysis) is 1. The zero-order chi connectivity index (χ0) is 25.2. The van der Waals surface area contributed by atoms with Crippen molar-refractivity contribution in [2.75, 3.05) is 46.6 Å². The maximum Gasteiger partial charge on any atom is 0.414 e. The topological polar surface area (TPSA) is 125 Å². The van der Waals surface area contributed by atoms with Crippen LogP contribution in [0.3, 0.4) is 0 Å². The highest BCUT2D eigenvalue weighted by Crippen LogP contribution is 2.34. The van der Waals surface area contributed by atoms with Gasteiger partial charge in [-0.2, -0.15) is 5.26 Å². The van der Waals surface area contributed by atoms with Gasteiger partial charge in [-0.1, -0.05) is 27.7 Å². The molecule has 34 heavy (non-hydrogen) atoms. The Hall–Kier alpha value is -2.38. The molecule has 1 aliphatic carbocycles. The molecule has 1 heterocycles. The number of nitriles is 1. The van der Waals surface area contributed by atoms with Gasteiger partial charge in [-0.3, -0.25) is 10.1 Å². The average molecular weight is 480 g/mol. The van der Waals surface area contributed by atoms with Gasteiger partial charge < -0.3 is 24.4 Å². The molecule has 0 aromatic rings. The summed E-state index contributed by atoms with van der Waals surface area (Å²) < 4.78 is 15.5. The van der Waals surface area contributed by atoms with Crippen molar-refractivity contribution < 1.29 is 23.8 Å². The Morgan fingerprint density at radius 2 is 1.85 bits per heavy atom. The molecule has 0 unspecified atom stereocenters. The second-order valence-electron chi connectivity index (χ2n) is 10.1. The molecule has 0 bridgehead atoms. The van der Waals surface area contributed by atoms with E-state index in [9.17, 15) is 14.9 Å². The van der Waals surface area contributed by atoms with E-state index >= 15 is 0 Å². The first-order chi connectivity index (χ1) is 16.1. The van der Waals surface area contributed by atoms with Crippen molar-refractivity contribution in [3.8, 4) is 6.07 Å². The Kier molecular flexibility index (Phi) is 10.6. The summed E-state index contributed by atoms with van der Waals surface area (Å²) in [5, 5.41) is 15.5. The van der Waals surface area contributed by atoms with E-state index in [1.807, 2.05) is 4.90 Å². The summed E-state index contributed by atoms with van der Waals surface area (Å²) in [5.74, 6) is 0.286. The molecule has 1 saturated heterocycles. The van der Waals surface area contributed by atoms with Gasteiger partial charge in [0.15, 0.2) is 0 Å². The zero-order valence-electron chi connectivity index (χ0n) is 21.3. The van der Waals surface area contributed by atoms with Crippen LogP contribution in [-0.4, -0.2) is 81.1 Å². The van der Waals surface area contributed by atoms with Crippen molar-refractivity contribution in [2.45, 2.75) is 71.4 Å². The number of hydrogen-bond acceptors (Lipinski definition) is 7. The number of nitrogens with one attached hydrogen (secondary N) is 2. The molecule has 0 radical (unpaired) electrons. The molecule has 1 aliphatic heterocycles. The van der Waals surface area contributed by atoms with Gasteiger partial charge in [0, 0.05) is 20.2 Å². The van der Waals surface area contributed by atoms with Gasteiger partial charge in [-0.25, -0.2) is 9.79 Å². The molecule has 2 amide bonds. The minimum atomic E-state index is -0.849. The average Bonchev–Trinajstić information content (AvgIpc) is 3.27. The number of hydrogen-bond donors (Lipinski definition) is 2. The first kappa shape index (κ1) is 27.9. The zero-order valence-corrected chi connectivity index (χ0v) is 21.3. The number of ether oxygens (including phenoxy) is 3. The summed E-state index contributed by atoms with van der Waals surface area (Å²) >= 11 is 0. The van der Waals surface area contributed by atoms with E-state index in [4.69, 9.17) is 19.2 Å². The third-order valence-electron chi connectivity index (χ3n) is 6.94. The van der Waals surface area contributed by atoms with Crippen LogP contribution in [0.5, 0.6) is 0 Å². The van der Waals surface area contributed by atoms with Crippen LogP contribution in [0.15, 0.2) is 4.99 Å². The van der Waals surface area contributed by atoms with Crippen LogP contribution >= 0.6 is 0 Å². The number of aliphatic imine (C=N–C) groups is 1. The van der Waals surface area contributed by atoms with Crippen LogP contribution in [-0.2, 0) is 19.0 Å². The molecule has 2 aliphatic rings. The number of nitrogens with zero attached hydrogens (tertiary/aromatic N) is 3. The van der Waals surface area contributed by atoms with Crippen molar-refractivity contribution in [1.29, 1.82) is 5.26 Å². The fraction of sp³-hybridized carbons (Fsp3) is 0.833. The lowest BCUT2D eigenvalue weighted by atomic mass is 9.76. The van der Waals surface area contributed by atoms with Crippen LogP contribution in [0.1, 0.15) is 59.8 Å². The summed E-state index contributed by atoms with van der Waals surface area (Å²) in [5.41, 5.74) is -1.05. The van der Waals surface area contributed by atoms with Crippen molar-refractivity contribution in [1.82, 2.24) is 15.5 Å². The molecule has 10 heteroatoms. The fourth-order valence-electron chi connectivity index (χ4n) is 3.95. The van der Waals surface area contributed by atoms with Crippen molar-refractivity contribution in [2.24, 2.45) is 16.3 Å². The first-order valence-electron chi connectivity index (χ1n) is 12.2. The van der Waals surface area contributed by atoms with Crippen LogP contribution in [0.4, 0.5) is 4.79 Å². The van der Waals surface area contributed by atoms with Crippen molar-refractivity contribution in [3.05, 3.63) is 0 Å². The van der Waals surface area contributed by atoms with Gasteiger partial charge in [0.25, 0.3) is 0 Å². The first-order valence-corrected chi connectivity index (χ1v) is 12.2. The van der Waals surface area contributed by atoms with Gasteiger partial charge in [-0.15, -0.1) is 0 Å². The summed E-state index contributed by atoms with van der Waals surface area (Å²) in [6, 6.07) is 1.54. The van der Waals surface area contributed by atoms with E-state index in [2.05, 4.69) is 44.4 Å². The minimum absolute atomic E-state index is 0.105. The minimum Gasteiger partial charge on any atom is -0.447 e. The van der Waals surface area contributed by atoms with Gasteiger partial charge >= 0.3 is 6.09 Å². The normalized spacial score (nSPS) is 19.4. The summed E-state index contributed by atoms with van der Waals surface area (Å²) in [4.78, 5) is 32.6. The molecular weight excluding hydrogens is 438 g/mol. The molecule has 10 nitrogen and oxygen atoms in total. The standard InChI is InChI=1S/C24H41N5O5/c1-18(2)23(3,4)16-19(20(30)28-24(17-25)8-6-7-9-24)26-21(29-10-12-33-13-11-29)27-22(31)34-15-14-32-5/h18-19H,6-16H2,1-5H3,(H,28,30)(H,26,27,31)/t19-/m0/s1. The highest BCUT2D eigenvalue weighted by Gasteiger charge is 2.39. The predicted octanol–water partition coefficient (Wildman–Crippen LogP) is 2.44. The van der Waals surface area contributed by atoms with E-state index in [-0.39, 0.29) is 30.5 Å². The molecule has 2 rings (SSSR count). The Morgan fingerprint density at radius 1 is 1.21 bits per heavy atom. The number of morpholine rings is 1. The monoisotopic (exact) mass is 479 g/mol. The lowest BCUT2D eigenvalue weighted by Gasteiger charge is -2.34. The highest BCUT2D eigenvalue weighted by atomic mass is 16.6. The van der Waals surface area contributed by atoms with Crippen molar-refractivity contribution >= 4 is 18.0 Å². The van der Waals surface area contributed by atoms with Crippen LogP contribution in [0, 0.1) is 22.7 Å². The number of amides is 2. The van der Waals surface area contributed by atoms with E-state index in [1.54, 1.807) is 0 Å². The van der Waals surface area contributed by atoms with Crippen LogP contribution in [0.2, 0.25) is 0 Å². The van der Waals surface area contributed by atoms with Crippen molar-refractivity contribution in [3.63, 3.8) is 0 Å². The Morgan fingerprint density at radius 3 is 2.41 bits per heavy atom. The molecule has 1 atom stereocenters. The third kappa shape index (κ3) is 8.13. The number of carbonyl (C=O) groups is 2. The Balaban J connectivity index is 2.33. The molecule has 0 spiro atoms. The Labute approximate surface area is 203 Å². The van der Waals surface area contributed by atoms with Gasteiger partial charge in [0.1, 0.15) is 18.2 Å². The molecule has 1 saturated carbocycles. The molecule has 192 valence electrons. The Bertz CT molecular complexity index is 749. The maximum absolute atomic E-state index is 13.5. The molecule has 2 fully saturated rings. The van der Waals surface area contributed by atoms with E-state index < -0.39 is 17.7 Å². The van der Waals surface area contributed by atoms with Gasteiger partial charge in [-0.05, 0) is 43.4 Å². The van der Waals surface area contributed by atoms with Gasteiger partial charge in [0.2, 0.25) is 11.9 Å².